The number of morpholine rings is 1. The number of primary amides is 1. The number of nitrogens with zero attached hydrogens (tertiary/aromatic N) is 1. The van der Waals surface area contributed by atoms with Gasteiger partial charge in [-0.05, 0) is 30.2 Å². The van der Waals surface area contributed by atoms with Gasteiger partial charge in [0.1, 0.15) is 0 Å². The number of amides is 2. The Morgan fingerprint density at radius 1 is 1.28 bits per heavy atom. The number of carbonyl (C=O) groups excluding carboxylic acids is 2. The number of rotatable bonds is 9. The highest BCUT2D eigenvalue weighted by Gasteiger charge is 2.18. The van der Waals surface area contributed by atoms with E-state index in [1.54, 1.807) is 0 Å². The number of hydrogen-bond acceptors (Lipinski definition) is 6. The highest BCUT2D eigenvalue weighted by Crippen LogP contribution is 2.36. The van der Waals surface area contributed by atoms with Crippen molar-refractivity contribution in [3.05, 3.63) is 58.1 Å². The molecule has 0 saturated carbocycles. The van der Waals surface area contributed by atoms with Crippen LogP contribution < -0.4 is 20.5 Å². The third-order valence-electron chi connectivity index (χ3n) is 5.03. The van der Waals surface area contributed by atoms with E-state index in [1.165, 1.54) is 24.8 Å². The van der Waals surface area contributed by atoms with Crippen LogP contribution in [0.3, 0.4) is 0 Å². The second-order valence-electron chi connectivity index (χ2n) is 7.66. The fourth-order valence-corrected chi connectivity index (χ4v) is 3.81. The second kappa shape index (κ2) is 11.2. The molecule has 0 radical (unpaired) electrons. The summed E-state index contributed by atoms with van der Waals surface area (Å²) in [6, 6.07) is 11.1. The van der Waals surface area contributed by atoms with Crippen LogP contribution >= 0.6 is 11.6 Å². The maximum absolute atomic E-state index is 12.7. The number of carbonyl (C=O) groups is 2. The highest BCUT2D eigenvalue weighted by molar-refractivity contribution is 6.32. The van der Waals surface area contributed by atoms with Crippen LogP contribution in [-0.4, -0.2) is 56.2 Å². The Bertz CT molecular complexity index is 969. The molecule has 2 amide bonds. The number of nitrogens with two attached hydrogens (primary N) is 1. The largest absolute Gasteiger partial charge is 0.493 e. The molecule has 1 fully saturated rings. The molecule has 1 aliphatic heterocycles. The van der Waals surface area contributed by atoms with E-state index in [4.69, 9.17) is 31.5 Å². The number of methoxy groups -OCH3 is 1. The van der Waals surface area contributed by atoms with Crippen molar-refractivity contribution < 1.29 is 23.8 Å². The zero-order valence-electron chi connectivity index (χ0n) is 18.2. The minimum Gasteiger partial charge on any atom is -0.493 e. The van der Waals surface area contributed by atoms with Crippen molar-refractivity contribution in [1.29, 1.82) is 0 Å². The molecule has 32 heavy (non-hydrogen) atoms. The lowest BCUT2D eigenvalue weighted by molar-refractivity contribution is -0.119. The van der Waals surface area contributed by atoms with E-state index >= 15 is 0 Å². The first-order chi connectivity index (χ1) is 15.4. The third kappa shape index (κ3) is 6.59. The van der Waals surface area contributed by atoms with E-state index in [0.29, 0.717) is 12.1 Å². The van der Waals surface area contributed by atoms with E-state index in [0.717, 1.165) is 31.8 Å². The summed E-state index contributed by atoms with van der Waals surface area (Å²) in [5, 5.41) is 3.05. The molecule has 3 N–H and O–H groups in total. The van der Waals surface area contributed by atoms with Crippen LogP contribution in [0.25, 0.3) is 0 Å². The lowest BCUT2D eigenvalue weighted by Gasteiger charge is -2.31. The number of hydrogen-bond donors (Lipinski definition) is 2. The van der Waals surface area contributed by atoms with Crippen LogP contribution in [0, 0.1) is 0 Å². The van der Waals surface area contributed by atoms with E-state index < -0.39 is 5.91 Å². The first-order valence-electron chi connectivity index (χ1n) is 10.3. The Labute approximate surface area is 192 Å². The van der Waals surface area contributed by atoms with Gasteiger partial charge in [0.15, 0.2) is 18.1 Å². The fourth-order valence-electron chi connectivity index (χ4n) is 3.55. The quantitative estimate of drug-likeness (QED) is 0.594. The Kier molecular flexibility index (Phi) is 8.33. The molecule has 1 atom stereocenters. The van der Waals surface area contributed by atoms with Crippen LogP contribution in [-0.2, 0) is 22.6 Å². The normalized spacial score (nSPS) is 16.4. The molecule has 2 aromatic rings. The highest BCUT2D eigenvalue weighted by atomic mass is 35.5. The number of benzene rings is 2. The molecule has 3 rings (SSSR count). The SMILES string of the molecule is COc1cc(C(=O)NCc2cccc(CN3CCOC(C)C3)c2)cc(Cl)c1OCC(N)=O. The monoisotopic (exact) mass is 461 g/mol. The van der Waals surface area contributed by atoms with Crippen molar-refractivity contribution in [2.75, 3.05) is 33.4 Å². The smallest absolute Gasteiger partial charge is 0.255 e. The van der Waals surface area contributed by atoms with Gasteiger partial charge in [-0.3, -0.25) is 14.5 Å². The van der Waals surface area contributed by atoms with Gasteiger partial charge in [-0.2, -0.15) is 0 Å². The van der Waals surface area contributed by atoms with E-state index in [2.05, 4.69) is 29.3 Å². The lowest BCUT2D eigenvalue weighted by atomic mass is 10.1. The molecule has 172 valence electrons. The first kappa shape index (κ1) is 23.8. The first-order valence-corrected chi connectivity index (χ1v) is 10.7. The van der Waals surface area contributed by atoms with Gasteiger partial charge < -0.3 is 25.3 Å². The molecule has 1 heterocycles. The van der Waals surface area contributed by atoms with Crippen LogP contribution in [0.1, 0.15) is 28.4 Å². The molecule has 0 aliphatic carbocycles. The summed E-state index contributed by atoms with van der Waals surface area (Å²) in [6.07, 6.45) is 0.239. The molecule has 0 aromatic heterocycles. The van der Waals surface area contributed by atoms with Crippen molar-refractivity contribution in [2.45, 2.75) is 26.1 Å². The maximum Gasteiger partial charge on any atom is 0.255 e. The van der Waals surface area contributed by atoms with Crippen LogP contribution in [0.4, 0.5) is 0 Å². The summed E-state index contributed by atoms with van der Waals surface area (Å²) in [5.74, 6) is -0.547. The van der Waals surface area contributed by atoms with Gasteiger partial charge in [0.2, 0.25) is 0 Å². The number of halogens is 1. The molecule has 1 saturated heterocycles. The van der Waals surface area contributed by atoms with Crippen molar-refractivity contribution >= 4 is 23.4 Å². The molecule has 0 bridgehead atoms. The summed E-state index contributed by atoms with van der Waals surface area (Å²) in [5.41, 5.74) is 7.60. The molecule has 0 spiro atoms. The van der Waals surface area contributed by atoms with Gasteiger partial charge in [0.25, 0.3) is 11.8 Å². The zero-order valence-corrected chi connectivity index (χ0v) is 19.0. The average molecular weight is 462 g/mol. The number of ether oxygens (including phenoxy) is 3. The minimum absolute atomic E-state index is 0.150. The van der Waals surface area contributed by atoms with Gasteiger partial charge in [0, 0.05) is 31.7 Å². The zero-order chi connectivity index (χ0) is 23.1. The predicted octanol–water partition coefficient (Wildman–Crippen LogP) is 2.36. The Hall–Kier alpha value is -2.81. The average Bonchev–Trinajstić information content (AvgIpc) is 2.76. The van der Waals surface area contributed by atoms with Gasteiger partial charge >= 0.3 is 0 Å². The van der Waals surface area contributed by atoms with Crippen molar-refractivity contribution in [3.63, 3.8) is 0 Å². The van der Waals surface area contributed by atoms with E-state index in [9.17, 15) is 9.59 Å². The summed E-state index contributed by atoms with van der Waals surface area (Å²) in [4.78, 5) is 26.0. The van der Waals surface area contributed by atoms with Gasteiger partial charge in [-0.25, -0.2) is 0 Å². The second-order valence-corrected chi connectivity index (χ2v) is 8.07. The molecule has 1 aliphatic rings. The Balaban J connectivity index is 1.63. The molecule has 1 unspecified atom stereocenters. The summed E-state index contributed by atoms with van der Waals surface area (Å²) in [7, 11) is 1.42. The molecular weight excluding hydrogens is 434 g/mol. The maximum atomic E-state index is 12.7. The van der Waals surface area contributed by atoms with E-state index in [1.807, 2.05) is 12.1 Å². The minimum atomic E-state index is -0.643. The number of nitrogens with one attached hydrogen (secondary N) is 1. The van der Waals surface area contributed by atoms with Gasteiger partial charge in [0.05, 0.1) is 24.8 Å². The standard InChI is InChI=1S/C23H28ClN3O5/c1-15-12-27(6-7-31-15)13-17-5-3-4-16(8-17)11-26-23(29)18-9-19(24)22(20(10-18)30-2)32-14-21(25)28/h3-5,8-10,15H,6-7,11-14H2,1-2H3,(H2,25,28)(H,26,29). The van der Waals surface area contributed by atoms with Crippen molar-refractivity contribution in [2.24, 2.45) is 5.73 Å². The summed E-state index contributed by atoms with van der Waals surface area (Å²) in [6.45, 7) is 5.50. The predicted molar refractivity (Wildman–Crippen MR) is 121 cm³/mol. The fraction of sp³-hybridized carbons (Fsp3) is 0.391. The third-order valence-corrected chi connectivity index (χ3v) is 5.31. The topological polar surface area (TPSA) is 103 Å². The van der Waals surface area contributed by atoms with Crippen molar-refractivity contribution in [3.8, 4) is 11.5 Å². The van der Waals surface area contributed by atoms with Gasteiger partial charge in [-0.1, -0.05) is 35.9 Å². The lowest BCUT2D eigenvalue weighted by Crippen LogP contribution is -2.40. The van der Waals surface area contributed by atoms with Crippen molar-refractivity contribution in [1.82, 2.24) is 10.2 Å². The molecule has 9 heteroatoms. The van der Waals surface area contributed by atoms with E-state index in [-0.39, 0.29) is 35.1 Å². The molecular formula is C23H28ClN3O5. The van der Waals surface area contributed by atoms with Crippen LogP contribution in [0.5, 0.6) is 11.5 Å². The van der Waals surface area contributed by atoms with Crippen LogP contribution in [0.15, 0.2) is 36.4 Å². The van der Waals surface area contributed by atoms with Crippen LogP contribution in [0.2, 0.25) is 5.02 Å². The Morgan fingerprint density at radius 2 is 2.06 bits per heavy atom. The summed E-state index contributed by atoms with van der Waals surface area (Å²) >= 11 is 6.23. The molecule has 2 aromatic carbocycles. The molecule has 8 nitrogen and oxygen atoms in total. The Morgan fingerprint density at radius 3 is 2.78 bits per heavy atom. The summed E-state index contributed by atoms with van der Waals surface area (Å²) < 4.78 is 16.1. The van der Waals surface area contributed by atoms with Gasteiger partial charge in [-0.15, -0.1) is 0 Å².